The number of hydrogen-bond donors (Lipinski definition) is 1. The molecule has 1 unspecified atom stereocenters. The molecule has 1 N–H and O–H groups in total. The van der Waals surface area contributed by atoms with Gasteiger partial charge in [-0.2, -0.15) is 0 Å². The lowest BCUT2D eigenvalue weighted by Gasteiger charge is -2.35. The minimum atomic E-state index is -0.445. The Bertz CT molecular complexity index is 450. The van der Waals surface area contributed by atoms with E-state index < -0.39 is 5.97 Å². The van der Waals surface area contributed by atoms with Gasteiger partial charge in [0.2, 0.25) is 0 Å². The molecule has 0 spiro atoms. The van der Waals surface area contributed by atoms with Crippen LogP contribution in [0.25, 0.3) is 0 Å². The summed E-state index contributed by atoms with van der Waals surface area (Å²) in [4.78, 5) is 11.7. The molecule has 0 radical (unpaired) electrons. The van der Waals surface area contributed by atoms with Crippen molar-refractivity contribution in [3.05, 3.63) is 17.0 Å². The number of carbonyl (C=O) groups is 1. The molecule has 0 saturated heterocycles. The number of nitrogens with zero attached hydrogens (tertiary/aromatic N) is 1. The Kier molecular flexibility index (Phi) is 3.43. The first-order valence-electron chi connectivity index (χ1n) is 6.27. The van der Waals surface area contributed by atoms with Crippen LogP contribution in [0, 0.1) is 5.41 Å². The first kappa shape index (κ1) is 13.1. The molecule has 1 heterocycles. The second-order valence-electron chi connectivity index (χ2n) is 5.32. The predicted molar refractivity (Wildman–Crippen MR) is 64.4 cm³/mol. The molecule has 1 aromatic rings. The van der Waals surface area contributed by atoms with Crippen molar-refractivity contribution in [3.63, 3.8) is 0 Å². The van der Waals surface area contributed by atoms with E-state index in [2.05, 4.69) is 19.0 Å². The molecular formula is C13H19NO4. The van der Waals surface area contributed by atoms with Crippen molar-refractivity contribution in [3.8, 4) is 0 Å². The van der Waals surface area contributed by atoms with Crippen molar-refractivity contribution < 1.29 is 19.2 Å². The van der Waals surface area contributed by atoms with E-state index in [4.69, 9.17) is 9.26 Å². The lowest BCUT2D eigenvalue weighted by Crippen LogP contribution is -2.30. The van der Waals surface area contributed by atoms with E-state index in [9.17, 15) is 9.90 Å². The van der Waals surface area contributed by atoms with E-state index in [-0.39, 0.29) is 23.6 Å². The molecule has 1 aromatic heterocycles. The number of hydrogen-bond acceptors (Lipinski definition) is 5. The van der Waals surface area contributed by atoms with Crippen LogP contribution in [0.4, 0.5) is 0 Å². The second-order valence-corrected chi connectivity index (χ2v) is 5.32. The smallest absolute Gasteiger partial charge is 0.360 e. The normalized spacial score (nSPS) is 21.4. The zero-order valence-electron chi connectivity index (χ0n) is 11.0. The molecule has 5 nitrogen and oxygen atoms in total. The summed E-state index contributed by atoms with van der Waals surface area (Å²) in [5, 5.41) is 13.3. The molecule has 0 aromatic carbocycles. The summed E-state index contributed by atoms with van der Waals surface area (Å²) in [6.07, 6.45) is 1.62. The van der Waals surface area contributed by atoms with Crippen molar-refractivity contribution in [1.82, 2.24) is 5.16 Å². The van der Waals surface area contributed by atoms with E-state index in [0.29, 0.717) is 12.4 Å². The summed E-state index contributed by atoms with van der Waals surface area (Å²) in [5.74, 6) is 0.0765. The van der Waals surface area contributed by atoms with Gasteiger partial charge < -0.3 is 14.4 Å². The molecule has 0 amide bonds. The number of esters is 1. The Morgan fingerprint density at radius 1 is 1.61 bits per heavy atom. The average molecular weight is 253 g/mol. The Balaban J connectivity index is 2.37. The Labute approximate surface area is 106 Å². The molecule has 0 bridgehead atoms. The van der Waals surface area contributed by atoms with Crippen molar-refractivity contribution >= 4 is 5.97 Å². The minimum absolute atomic E-state index is 0.00252. The van der Waals surface area contributed by atoms with Gasteiger partial charge in [0.1, 0.15) is 5.76 Å². The fraction of sp³-hybridized carbons (Fsp3) is 0.692. The maximum Gasteiger partial charge on any atom is 0.360 e. The molecule has 0 aliphatic heterocycles. The first-order valence-corrected chi connectivity index (χ1v) is 6.27. The van der Waals surface area contributed by atoms with Gasteiger partial charge in [0.25, 0.3) is 0 Å². The topological polar surface area (TPSA) is 72.6 Å². The van der Waals surface area contributed by atoms with Gasteiger partial charge in [0.15, 0.2) is 5.69 Å². The molecule has 0 saturated carbocycles. The summed E-state index contributed by atoms with van der Waals surface area (Å²) >= 11 is 0. The lowest BCUT2D eigenvalue weighted by atomic mass is 9.69. The summed E-state index contributed by atoms with van der Waals surface area (Å²) in [6, 6.07) is 0. The van der Waals surface area contributed by atoms with E-state index in [1.807, 2.05) is 0 Å². The SMILES string of the molecule is CCOC(=O)c1noc2c1CCC(C)(C)C2CO. The number of carbonyl (C=O) groups excluding carboxylic acids is 1. The number of ether oxygens (including phenoxy) is 1. The molecule has 5 heteroatoms. The van der Waals surface area contributed by atoms with Gasteiger partial charge in [0.05, 0.1) is 13.2 Å². The fourth-order valence-corrected chi connectivity index (χ4v) is 2.50. The number of fused-ring (bicyclic) bond motifs is 1. The first-order chi connectivity index (χ1) is 8.51. The Morgan fingerprint density at radius 3 is 2.94 bits per heavy atom. The highest BCUT2D eigenvalue weighted by Crippen LogP contribution is 2.45. The monoisotopic (exact) mass is 253 g/mol. The van der Waals surface area contributed by atoms with Crippen LogP contribution in [-0.4, -0.2) is 29.4 Å². The van der Waals surface area contributed by atoms with E-state index >= 15 is 0 Å². The Hall–Kier alpha value is -1.36. The van der Waals surface area contributed by atoms with Gasteiger partial charge in [-0.3, -0.25) is 0 Å². The van der Waals surface area contributed by atoms with Crippen LogP contribution in [0.2, 0.25) is 0 Å². The fourth-order valence-electron chi connectivity index (χ4n) is 2.50. The van der Waals surface area contributed by atoms with Crippen LogP contribution in [0.1, 0.15) is 54.9 Å². The van der Waals surface area contributed by atoms with Gasteiger partial charge in [-0.15, -0.1) is 0 Å². The number of aliphatic hydroxyl groups excluding tert-OH is 1. The van der Waals surface area contributed by atoms with Crippen LogP contribution >= 0.6 is 0 Å². The van der Waals surface area contributed by atoms with Crippen LogP contribution in [0.15, 0.2) is 4.52 Å². The third-order valence-electron chi connectivity index (χ3n) is 3.75. The Morgan fingerprint density at radius 2 is 2.33 bits per heavy atom. The number of rotatable bonds is 3. The molecule has 1 aliphatic rings. The third-order valence-corrected chi connectivity index (χ3v) is 3.75. The van der Waals surface area contributed by atoms with Gasteiger partial charge in [-0.25, -0.2) is 4.79 Å². The van der Waals surface area contributed by atoms with Gasteiger partial charge in [0, 0.05) is 11.5 Å². The summed E-state index contributed by atoms with van der Waals surface area (Å²) in [5.41, 5.74) is 1.01. The van der Waals surface area contributed by atoms with Gasteiger partial charge >= 0.3 is 5.97 Å². The molecule has 2 rings (SSSR count). The lowest BCUT2D eigenvalue weighted by molar-refractivity contribution is 0.0513. The molecule has 0 fully saturated rings. The summed E-state index contributed by atoms with van der Waals surface area (Å²) in [6.45, 7) is 6.24. The quantitative estimate of drug-likeness (QED) is 0.833. The molecule has 18 heavy (non-hydrogen) atoms. The average Bonchev–Trinajstić information content (AvgIpc) is 2.72. The maximum atomic E-state index is 11.7. The molecule has 1 atom stereocenters. The van der Waals surface area contributed by atoms with Crippen LogP contribution in [0.5, 0.6) is 0 Å². The predicted octanol–water partition coefficient (Wildman–Crippen LogP) is 1.90. The van der Waals surface area contributed by atoms with Crippen molar-refractivity contribution in [2.45, 2.75) is 39.5 Å². The number of aromatic nitrogens is 1. The van der Waals surface area contributed by atoms with Crippen LogP contribution in [0.3, 0.4) is 0 Å². The third kappa shape index (κ3) is 2.03. The van der Waals surface area contributed by atoms with E-state index in [0.717, 1.165) is 18.4 Å². The summed E-state index contributed by atoms with van der Waals surface area (Å²) in [7, 11) is 0. The largest absolute Gasteiger partial charge is 0.461 e. The van der Waals surface area contributed by atoms with Crippen molar-refractivity contribution in [2.75, 3.05) is 13.2 Å². The summed E-state index contributed by atoms with van der Waals surface area (Å²) < 4.78 is 10.2. The van der Waals surface area contributed by atoms with E-state index in [1.54, 1.807) is 6.92 Å². The minimum Gasteiger partial charge on any atom is -0.461 e. The molecule has 100 valence electrons. The van der Waals surface area contributed by atoms with Gasteiger partial charge in [-0.05, 0) is 25.2 Å². The molecular weight excluding hydrogens is 234 g/mol. The van der Waals surface area contributed by atoms with Crippen LogP contribution < -0.4 is 0 Å². The van der Waals surface area contributed by atoms with Crippen molar-refractivity contribution in [2.24, 2.45) is 5.41 Å². The van der Waals surface area contributed by atoms with Crippen LogP contribution in [-0.2, 0) is 11.2 Å². The zero-order valence-corrected chi connectivity index (χ0v) is 11.0. The van der Waals surface area contributed by atoms with Gasteiger partial charge in [-0.1, -0.05) is 19.0 Å². The highest BCUT2D eigenvalue weighted by atomic mass is 16.5. The highest BCUT2D eigenvalue weighted by Gasteiger charge is 2.41. The highest BCUT2D eigenvalue weighted by molar-refractivity contribution is 5.89. The standard InChI is InChI=1S/C13H19NO4/c1-4-17-12(16)10-8-5-6-13(2,3)9(7-15)11(8)18-14-10/h9,15H,4-7H2,1-3H3. The second kappa shape index (κ2) is 4.72. The number of aliphatic hydroxyl groups is 1. The van der Waals surface area contributed by atoms with E-state index in [1.165, 1.54) is 0 Å². The van der Waals surface area contributed by atoms with Crippen molar-refractivity contribution in [1.29, 1.82) is 0 Å². The zero-order chi connectivity index (χ0) is 13.3. The maximum absolute atomic E-state index is 11.7. The molecule has 1 aliphatic carbocycles.